The molecule has 1 aromatic heterocycles. The van der Waals surface area contributed by atoms with Crippen molar-refractivity contribution in [3.8, 4) is 0 Å². The van der Waals surface area contributed by atoms with Gasteiger partial charge in [0.15, 0.2) is 0 Å². The minimum atomic E-state index is 0.0614. The van der Waals surface area contributed by atoms with Crippen LogP contribution in [0.4, 0.5) is 11.6 Å². The molecule has 6 nitrogen and oxygen atoms in total. The third-order valence-electron chi connectivity index (χ3n) is 2.75. The minimum absolute atomic E-state index is 0.0614. The molecule has 0 saturated heterocycles. The fourth-order valence-electron chi connectivity index (χ4n) is 1.60. The first-order valence-corrected chi connectivity index (χ1v) is 7.14. The number of carbonyl (C=O) groups excluding carboxylic acids is 1. The van der Waals surface area contributed by atoms with Gasteiger partial charge in [-0.05, 0) is 6.42 Å². The Morgan fingerprint density at radius 2 is 1.95 bits per heavy atom. The van der Waals surface area contributed by atoms with Crippen molar-refractivity contribution >= 4 is 17.5 Å². The first-order valence-electron chi connectivity index (χ1n) is 7.14. The Labute approximate surface area is 120 Å². The van der Waals surface area contributed by atoms with Crippen LogP contribution in [-0.4, -0.2) is 36.0 Å². The topological polar surface area (TPSA) is 78.9 Å². The average molecular weight is 279 g/mol. The second-order valence-electron chi connectivity index (χ2n) is 4.93. The van der Waals surface area contributed by atoms with E-state index >= 15 is 0 Å². The van der Waals surface area contributed by atoms with Gasteiger partial charge in [-0.1, -0.05) is 20.8 Å². The van der Waals surface area contributed by atoms with E-state index in [1.165, 1.54) is 0 Å². The molecule has 0 unspecified atom stereocenters. The number of anilines is 2. The molecule has 6 heteroatoms. The summed E-state index contributed by atoms with van der Waals surface area (Å²) in [5.74, 6) is 2.63. The van der Waals surface area contributed by atoms with E-state index in [2.05, 4.69) is 39.8 Å². The number of nitrogens with zero attached hydrogens (tertiary/aromatic N) is 2. The first kappa shape index (κ1) is 16.2. The highest BCUT2D eigenvalue weighted by atomic mass is 16.1. The van der Waals surface area contributed by atoms with Gasteiger partial charge in [0, 0.05) is 38.5 Å². The molecule has 0 aliphatic rings. The predicted octanol–water partition coefficient (Wildman–Crippen LogP) is 1.97. The molecule has 0 fully saturated rings. The molecule has 0 aliphatic carbocycles. The maximum atomic E-state index is 11.5. The summed E-state index contributed by atoms with van der Waals surface area (Å²) in [5.41, 5.74) is 0. The van der Waals surface area contributed by atoms with Crippen LogP contribution in [0.1, 0.15) is 45.4 Å². The second kappa shape index (κ2) is 8.35. The highest BCUT2D eigenvalue weighted by Crippen LogP contribution is 2.16. The Morgan fingerprint density at radius 1 is 1.25 bits per heavy atom. The largest absolute Gasteiger partial charge is 0.373 e. The van der Waals surface area contributed by atoms with Gasteiger partial charge in [-0.3, -0.25) is 4.79 Å². The minimum Gasteiger partial charge on any atom is -0.373 e. The maximum absolute atomic E-state index is 11.5. The zero-order valence-electron chi connectivity index (χ0n) is 12.8. The van der Waals surface area contributed by atoms with Crippen LogP contribution in [0, 0.1) is 0 Å². The van der Waals surface area contributed by atoms with Gasteiger partial charge in [-0.2, -0.15) is 0 Å². The van der Waals surface area contributed by atoms with E-state index in [1.807, 2.05) is 20.0 Å². The van der Waals surface area contributed by atoms with Gasteiger partial charge >= 0.3 is 0 Å². The van der Waals surface area contributed by atoms with Crippen molar-refractivity contribution in [3.63, 3.8) is 0 Å². The van der Waals surface area contributed by atoms with Crippen LogP contribution in [0.25, 0.3) is 0 Å². The summed E-state index contributed by atoms with van der Waals surface area (Å²) >= 11 is 0. The van der Waals surface area contributed by atoms with Gasteiger partial charge < -0.3 is 16.0 Å². The first-order chi connectivity index (χ1) is 9.56. The molecule has 0 saturated carbocycles. The molecule has 0 aliphatic heterocycles. The standard InChI is InChI=1S/C14H25N5O/c1-5-7-17-13(20)6-8-16-12-9-11(15-4)18-14(19-12)10(2)3/h9-10H,5-8H2,1-4H3,(H,17,20)(H2,15,16,18,19). The number of nitrogens with one attached hydrogen (secondary N) is 3. The summed E-state index contributed by atoms with van der Waals surface area (Å²) < 4.78 is 0. The third-order valence-corrected chi connectivity index (χ3v) is 2.75. The lowest BCUT2D eigenvalue weighted by Crippen LogP contribution is -2.26. The normalized spacial score (nSPS) is 10.4. The molecule has 1 heterocycles. The Hall–Kier alpha value is -1.85. The van der Waals surface area contributed by atoms with Crippen molar-refractivity contribution in [1.29, 1.82) is 0 Å². The van der Waals surface area contributed by atoms with Crippen molar-refractivity contribution in [2.45, 2.75) is 39.5 Å². The molecule has 1 aromatic rings. The van der Waals surface area contributed by atoms with E-state index in [0.717, 1.165) is 30.4 Å². The summed E-state index contributed by atoms with van der Waals surface area (Å²) in [5, 5.41) is 9.04. The van der Waals surface area contributed by atoms with E-state index in [4.69, 9.17) is 0 Å². The van der Waals surface area contributed by atoms with Crippen LogP contribution >= 0.6 is 0 Å². The van der Waals surface area contributed by atoms with Gasteiger partial charge in [0.25, 0.3) is 0 Å². The lowest BCUT2D eigenvalue weighted by Gasteiger charge is -2.11. The molecule has 1 amide bonds. The van der Waals surface area contributed by atoms with Gasteiger partial charge in [-0.25, -0.2) is 9.97 Å². The van der Waals surface area contributed by atoms with Crippen LogP contribution in [-0.2, 0) is 4.79 Å². The van der Waals surface area contributed by atoms with Gasteiger partial charge in [-0.15, -0.1) is 0 Å². The molecule has 20 heavy (non-hydrogen) atoms. The second-order valence-corrected chi connectivity index (χ2v) is 4.93. The quantitative estimate of drug-likeness (QED) is 0.678. The Balaban J connectivity index is 2.54. The molecule has 0 aromatic carbocycles. The van der Waals surface area contributed by atoms with E-state index in [-0.39, 0.29) is 11.8 Å². The van der Waals surface area contributed by atoms with E-state index < -0.39 is 0 Å². The highest BCUT2D eigenvalue weighted by Gasteiger charge is 2.07. The summed E-state index contributed by atoms with van der Waals surface area (Å²) in [6.45, 7) is 7.43. The van der Waals surface area contributed by atoms with E-state index in [9.17, 15) is 4.79 Å². The zero-order chi connectivity index (χ0) is 15.0. The smallest absolute Gasteiger partial charge is 0.221 e. The van der Waals surface area contributed by atoms with Gasteiger partial charge in [0.05, 0.1) is 0 Å². The fraction of sp³-hybridized carbons (Fsp3) is 0.643. The molecule has 112 valence electrons. The number of amides is 1. The van der Waals surface area contributed by atoms with Crippen LogP contribution in [0.15, 0.2) is 6.07 Å². The Morgan fingerprint density at radius 3 is 2.55 bits per heavy atom. The molecular weight excluding hydrogens is 254 g/mol. The van der Waals surface area contributed by atoms with Crippen LogP contribution < -0.4 is 16.0 Å². The number of rotatable bonds is 8. The van der Waals surface area contributed by atoms with E-state index in [0.29, 0.717) is 13.0 Å². The summed E-state index contributed by atoms with van der Waals surface area (Å²) in [4.78, 5) is 20.3. The maximum Gasteiger partial charge on any atom is 0.221 e. The SMILES string of the molecule is CCCNC(=O)CCNc1cc(NC)nc(C(C)C)n1. The van der Waals surface area contributed by atoms with Crippen molar-refractivity contribution < 1.29 is 4.79 Å². The van der Waals surface area contributed by atoms with Crippen LogP contribution in [0.2, 0.25) is 0 Å². The number of hydrogen-bond donors (Lipinski definition) is 3. The average Bonchev–Trinajstić information content (AvgIpc) is 2.44. The molecule has 0 bridgehead atoms. The Bertz CT molecular complexity index is 434. The van der Waals surface area contributed by atoms with Gasteiger partial charge in [0.2, 0.25) is 5.91 Å². The molecule has 0 radical (unpaired) electrons. The molecule has 0 atom stereocenters. The van der Waals surface area contributed by atoms with Crippen molar-refractivity contribution in [2.24, 2.45) is 0 Å². The zero-order valence-corrected chi connectivity index (χ0v) is 12.8. The highest BCUT2D eigenvalue weighted by molar-refractivity contribution is 5.76. The molecule has 3 N–H and O–H groups in total. The number of hydrogen-bond acceptors (Lipinski definition) is 5. The van der Waals surface area contributed by atoms with Crippen LogP contribution in [0.5, 0.6) is 0 Å². The third kappa shape index (κ3) is 5.42. The van der Waals surface area contributed by atoms with E-state index in [1.54, 1.807) is 0 Å². The van der Waals surface area contributed by atoms with Crippen molar-refractivity contribution in [3.05, 3.63) is 11.9 Å². The van der Waals surface area contributed by atoms with Crippen molar-refractivity contribution in [2.75, 3.05) is 30.8 Å². The monoisotopic (exact) mass is 279 g/mol. The summed E-state index contributed by atoms with van der Waals surface area (Å²) in [6.07, 6.45) is 1.39. The fourth-order valence-corrected chi connectivity index (χ4v) is 1.60. The van der Waals surface area contributed by atoms with Crippen molar-refractivity contribution in [1.82, 2.24) is 15.3 Å². The van der Waals surface area contributed by atoms with Gasteiger partial charge in [0.1, 0.15) is 17.5 Å². The lowest BCUT2D eigenvalue weighted by atomic mass is 10.2. The summed E-state index contributed by atoms with van der Waals surface area (Å²) in [7, 11) is 1.83. The lowest BCUT2D eigenvalue weighted by molar-refractivity contribution is -0.120. The Kier molecular flexibility index (Phi) is 6.76. The predicted molar refractivity (Wildman–Crippen MR) is 82.1 cm³/mol. The number of aromatic nitrogens is 2. The van der Waals surface area contributed by atoms with Crippen LogP contribution in [0.3, 0.4) is 0 Å². The number of carbonyl (C=O) groups is 1. The molecule has 1 rings (SSSR count). The molecule has 0 spiro atoms. The summed E-state index contributed by atoms with van der Waals surface area (Å²) in [6, 6.07) is 1.84. The molecular formula is C14H25N5O.